The molecule has 1 aromatic rings. The molecule has 0 aliphatic heterocycles. The van der Waals surface area contributed by atoms with Crippen LogP contribution in [-0.2, 0) is 11.8 Å². The topological polar surface area (TPSA) is 84.2 Å². The Morgan fingerprint density at radius 1 is 1.56 bits per heavy atom. The maximum atomic E-state index is 12.0. The van der Waals surface area contributed by atoms with Crippen molar-refractivity contribution in [2.45, 2.75) is 26.3 Å². The molecule has 0 aliphatic carbocycles. The molecule has 0 fully saturated rings. The van der Waals surface area contributed by atoms with Crippen LogP contribution in [0, 0.1) is 26.2 Å². The van der Waals surface area contributed by atoms with Gasteiger partial charge in [0.2, 0.25) is 0 Å². The molecule has 0 radical (unpaired) electrons. The summed E-state index contributed by atoms with van der Waals surface area (Å²) in [6.45, 7) is 3.44. The normalized spacial score (nSPS) is 11.7. The number of terminal acetylenes is 1. The van der Waals surface area contributed by atoms with Crippen LogP contribution in [0.25, 0.3) is 0 Å². The number of aromatic nitrogens is 2. The van der Waals surface area contributed by atoms with Crippen molar-refractivity contribution >= 4 is 11.9 Å². The van der Waals surface area contributed by atoms with Gasteiger partial charge in [-0.3, -0.25) is 9.48 Å². The Morgan fingerprint density at radius 2 is 2.17 bits per heavy atom. The fourth-order valence-corrected chi connectivity index (χ4v) is 1.65. The molecule has 1 heterocycles. The highest BCUT2D eigenvalue weighted by atomic mass is 16.4. The van der Waals surface area contributed by atoms with Crippen molar-refractivity contribution < 1.29 is 14.7 Å². The number of nitrogens with one attached hydrogen (secondary N) is 1. The quantitative estimate of drug-likeness (QED) is 0.749. The van der Waals surface area contributed by atoms with Gasteiger partial charge >= 0.3 is 5.97 Å². The van der Waals surface area contributed by atoms with Crippen molar-refractivity contribution in [3.05, 3.63) is 17.0 Å². The number of amides is 1. The van der Waals surface area contributed by atoms with Gasteiger partial charge in [0.25, 0.3) is 5.91 Å². The molecule has 1 unspecified atom stereocenters. The van der Waals surface area contributed by atoms with Crippen LogP contribution in [0.5, 0.6) is 0 Å². The highest BCUT2D eigenvalue weighted by molar-refractivity contribution is 5.98. The molecule has 96 valence electrons. The van der Waals surface area contributed by atoms with Crippen LogP contribution >= 0.6 is 0 Å². The lowest BCUT2D eigenvalue weighted by atomic mass is 10.1. The first-order valence-corrected chi connectivity index (χ1v) is 5.35. The Morgan fingerprint density at radius 3 is 2.56 bits per heavy atom. The third-order valence-corrected chi connectivity index (χ3v) is 2.66. The fraction of sp³-hybridized carbons (Fsp3) is 0.417. The van der Waals surface area contributed by atoms with Crippen molar-refractivity contribution in [2.75, 3.05) is 0 Å². The molecular formula is C12H15N3O3. The first-order valence-electron chi connectivity index (χ1n) is 5.35. The Labute approximate surface area is 105 Å². The molecule has 1 amide bonds. The Hall–Kier alpha value is -2.29. The van der Waals surface area contributed by atoms with Gasteiger partial charge in [-0.15, -0.1) is 12.3 Å². The maximum absolute atomic E-state index is 12.0. The number of rotatable bonds is 4. The van der Waals surface area contributed by atoms with Crippen LogP contribution in [-0.4, -0.2) is 32.8 Å². The first-order chi connectivity index (χ1) is 8.38. The molecule has 1 rings (SSSR count). The highest BCUT2D eigenvalue weighted by Gasteiger charge is 2.23. The Balaban J connectivity index is 2.95. The third-order valence-electron chi connectivity index (χ3n) is 2.66. The zero-order valence-corrected chi connectivity index (χ0v) is 10.5. The number of aryl methyl sites for hydroxylation is 2. The Kier molecular flexibility index (Phi) is 4.10. The van der Waals surface area contributed by atoms with E-state index in [0.717, 1.165) is 0 Å². The predicted molar refractivity (Wildman–Crippen MR) is 65.0 cm³/mol. The van der Waals surface area contributed by atoms with E-state index in [1.165, 1.54) is 0 Å². The number of hydrogen-bond acceptors (Lipinski definition) is 3. The summed E-state index contributed by atoms with van der Waals surface area (Å²) in [4.78, 5) is 22.9. The summed E-state index contributed by atoms with van der Waals surface area (Å²) in [7, 11) is 1.72. The van der Waals surface area contributed by atoms with Gasteiger partial charge in [0.05, 0.1) is 11.3 Å². The average molecular weight is 249 g/mol. The number of carboxylic acids is 1. The third kappa shape index (κ3) is 2.69. The van der Waals surface area contributed by atoms with E-state index in [1.807, 2.05) is 0 Å². The molecule has 6 nitrogen and oxygen atoms in total. The second-order valence-electron chi connectivity index (χ2n) is 3.94. The molecule has 1 aromatic heterocycles. The number of aliphatic carboxylic acids is 1. The summed E-state index contributed by atoms with van der Waals surface area (Å²) in [5, 5.41) is 15.4. The van der Waals surface area contributed by atoms with Crippen molar-refractivity contribution in [2.24, 2.45) is 7.05 Å². The summed E-state index contributed by atoms with van der Waals surface area (Å²) in [5.41, 5.74) is 1.62. The van der Waals surface area contributed by atoms with Crippen molar-refractivity contribution in [1.82, 2.24) is 15.1 Å². The largest absolute Gasteiger partial charge is 0.480 e. The molecule has 1 atom stereocenters. The molecule has 0 saturated carbocycles. The molecule has 0 spiro atoms. The summed E-state index contributed by atoms with van der Waals surface area (Å²) >= 11 is 0. The Bertz CT molecular complexity index is 525. The van der Waals surface area contributed by atoms with Gasteiger partial charge in [-0.2, -0.15) is 5.10 Å². The summed E-state index contributed by atoms with van der Waals surface area (Å²) in [6.07, 6.45) is 5.01. The van der Waals surface area contributed by atoms with Crippen LogP contribution < -0.4 is 5.32 Å². The van der Waals surface area contributed by atoms with E-state index in [9.17, 15) is 9.59 Å². The lowest BCUT2D eigenvalue weighted by Gasteiger charge is -2.11. The molecular weight excluding hydrogens is 234 g/mol. The number of carbonyl (C=O) groups is 2. The second-order valence-corrected chi connectivity index (χ2v) is 3.94. The average Bonchev–Trinajstić information content (AvgIpc) is 2.52. The summed E-state index contributed by atoms with van der Waals surface area (Å²) in [6, 6.07) is -1.08. The van der Waals surface area contributed by atoms with Gasteiger partial charge < -0.3 is 10.4 Å². The van der Waals surface area contributed by atoms with Gasteiger partial charge in [-0.1, -0.05) is 0 Å². The summed E-state index contributed by atoms with van der Waals surface area (Å²) < 4.78 is 1.57. The smallest absolute Gasteiger partial charge is 0.327 e. The molecule has 6 heteroatoms. The fourth-order valence-electron chi connectivity index (χ4n) is 1.65. The van der Waals surface area contributed by atoms with Crippen molar-refractivity contribution in [1.29, 1.82) is 0 Å². The van der Waals surface area contributed by atoms with Crippen LogP contribution in [0.3, 0.4) is 0 Å². The van der Waals surface area contributed by atoms with E-state index in [-0.39, 0.29) is 6.42 Å². The number of hydrogen-bond donors (Lipinski definition) is 2. The van der Waals surface area contributed by atoms with Gasteiger partial charge in [-0.25, -0.2) is 4.79 Å². The molecule has 0 bridgehead atoms. The van der Waals surface area contributed by atoms with Gasteiger partial charge in [0.15, 0.2) is 0 Å². The van der Waals surface area contributed by atoms with E-state index in [4.69, 9.17) is 11.5 Å². The van der Waals surface area contributed by atoms with Crippen LogP contribution in [0.4, 0.5) is 0 Å². The monoisotopic (exact) mass is 249 g/mol. The molecule has 0 saturated heterocycles. The van der Waals surface area contributed by atoms with Gasteiger partial charge in [0.1, 0.15) is 6.04 Å². The lowest BCUT2D eigenvalue weighted by Crippen LogP contribution is -2.40. The minimum absolute atomic E-state index is 0.0561. The highest BCUT2D eigenvalue weighted by Crippen LogP contribution is 2.12. The van der Waals surface area contributed by atoms with Crippen molar-refractivity contribution in [3.8, 4) is 12.3 Å². The zero-order valence-electron chi connectivity index (χ0n) is 10.5. The lowest BCUT2D eigenvalue weighted by molar-refractivity contribution is -0.139. The van der Waals surface area contributed by atoms with Crippen LogP contribution in [0.2, 0.25) is 0 Å². The van der Waals surface area contributed by atoms with Crippen LogP contribution in [0.15, 0.2) is 0 Å². The zero-order chi connectivity index (χ0) is 13.9. The van der Waals surface area contributed by atoms with E-state index in [2.05, 4.69) is 16.3 Å². The predicted octanol–water partition coefficient (Wildman–Crippen LogP) is 0.243. The minimum atomic E-state index is -1.15. The van der Waals surface area contributed by atoms with E-state index in [1.54, 1.807) is 25.6 Å². The van der Waals surface area contributed by atoms with E-state index >= 15 is 0 Å². The summed E-state index contributed by atoms with van der Waals surface area (Å²) in [5.74, 6) is 0.600. The molecule has 0 aromatic carbocycles. The van der Waals surface area contributed by atoms with Gasteiger partial charge in [-0.05, 0) is 13.8 Å². The standard InChI is InChI=1S/C12H15N3O3/c1-5-6-9(12(17)18)13-11(16)10-7(2)14-15(4)8(10)3/h1,9H,6H2,2-4H3,(H,13,16)(H,17,18). The molecule has 0 aliphatic rings. The van der Waals surface area contributed by atoms with E-state index in [0.29, 0.717) is 17.0 Å². The van der Waals surface area contributed by atoms with Crippen LogP contribution in [0.1, 0.15) is 28.2 Å². The number of carbonyl (C=O) groups excluding carboxylic acids is 1. The number of nitrogens with zero attached hydrogens (tertiary/aromatic N) is 2. The number of carboxylic acid groups (broad SMARTS) is 1. The van der Waals surface area contributed by atoms with Gasteiger partial charge in [0, 0.05) is 19.2 Å². The first kappa shape index (κ1) is 13.8. The molecule has 2 N–H and O–H groups in total. The van der Waals surface area contributed by atoms with E-state index < -0.39 is 17.9 Å². The van der Waals surface area contributed by atoms with Crippen molar-refractivity contribution in [3.63, 3.8) is 0 Å². The maximum Gasteiger partial charge on any atom is 0.327 e. The minimum Gasteiger partial charge on any atom is -0.480 e. The molecule has 18 heavy (non-hydrogen) atoms. The SMILES string of the molecule is C#CCC(NC(=O)c1c(C)nn(C)c1C)C(=O)O. The second kappa shape index (κ2) is 5.36.